The van der Waals surface area contributed by atoms with Gasteiger partial charge in [0.25, 0.3) is 5.91 Å². The van der Waals surface area contributed by atoms with Crippen LogP contribution in [0.2, 0.25) is 0 Å². The second-order valence-electron chi connectivity index (χ2n) is 7.29. The van der Waals surface area contributed by atoms with Crippen molar-refractivity contribution in [3.05, 3.63) is 54.9 Å². The number of carbonyl (C=O) groups is 1. The SMILES string of the molecule is CC1CN(c2ccc(NC(=O)COc3ccc(-n4cnnn4)cc3)cc2)CC(C)O1. The Bertz CT molecular complexity index is 949. The van der Waals surface area contributed by atoms with Gasteiger partial charge in [-0.15, -0.1) is 5.10 Å². The Hall–Kier alpha value is -3.46. The highest BCUT2D eigenvalue weighted by molar-refractivity contribution is 5.92. The van der Waals surface area contributed by atoms with Gasteiger partial charge < -0.3 is 19.7 Å². The van der Waals surface area contributed by atoms with Crippen LogP contribution in [0.25, 0.3) is 5.69 Å². The summed E-state index contributed by atoms with van der Waals surface area (Å²) in [6.07, 6.45) is 1.91. The fraction of sp³-hybridized carbons (Fsp3) is 0.333. The molecule has 9 nitrogen and oxygen atoms in total. The monoisotopic (exact) mass is 408 g/mol. The number of morpholine rings is 1. The molecule has 0 saturated carbocycles. The normalized spacial score (nSPS) is 18.8. The maximum atomic E-state index is 12.2. The molecule has 1 N–H and O–H groups in total. The quantitative estimate of drug-likeness (QED) is 0.669. The zero-order chi connectivity index (χ0) is 20.9. The highest BCUT2D eigenvalue weighted by Crippen LogP contribution is 2.22. The molecule has 156 valence electrons. The number of ether oxygens (including phenoxy) is 2. The van der Waals surface area contributed by atoms with Gasteiger partial charge in [-0.25, -0.2) is 4.68 Å². The van der Waals surface area contributed by atoms with Crippen molar-refractivity contribution in [1.82, 2.24) is 20.2 Å². The standard InChI is InChI=1S/C21H24N6O3/c1-15-11-26(12-16(2)30-15)18-5-3-17(4-6-18)23-21(28)13-29-20-9-7-19(8-10-20)27-14-22-24-25-27/h3-10,14-16H,11-13H2,1-2H3,(H,23,28). The lowest BCUT2D eigenvalue weighted by atomic mass is 10.2. The lowest BCUT2D eigenvalue weighted by Crippen LogP contribution is -2.45. The van der Waals surface area contributed by atoms with E-state index >= 15 is 0 Å². The molecule has 0 spiro atoms. The van der Waals surface area contributed by atoms with Crippen LogP contribution in [-0.4, -0.2) is 58.0 Å². The average Bonchev–Trinajstić information content (AvgIpc) is 3.27. The average molecular weight is 408 g/mol. The molecule has 1 aliphatic heterocycles. The number of nitrogens with zero attached hydrogens (tertiary/aromatic N) is 5. The number of rotatable bonds is 6. The molecular formula is C21H24N6O3. The Kier molecular flexibility index (Phi) is 5.89. The van der Waals surface area contributed by atoms with Gasteiger partial charge in [-0.05, 0) is 72.8 Å². The van der Waals surface area contributed by atoms with Crippen LogP contribution < -0.4 is 15.0 Å². The molecule has 1 fully saturated rings. The van der Waals surface area contributed by atoms with Gasteiger partial charge >= 0.3 is 0 Å². The summed E-state index contributed by atoms with van der Waals surface area (Å²) >= 11 is 0. The van der Waals surface area contributed by atoms with E-state index in [0.717, 1.165) is 30.2 Å². The van der Waals surface area contributed by atoms with E-state index in [0.29, 0.717) is 5.75 Å². The van der Waals surface area contributed by atoms with Crippen molar-refractivity contribution in [2.24, 2.45) is 0 Å². The van der Waals surface area contributed by atoms with Gasteiger partial charge in [-0.2, -0.15) is 0 Å². The van der Waals surface area contributed by atoms with E-state index in [1.807, 2.05) is 36.4 Å². The predicted molar refractivity (Wildman–Crippen MR) is 112 cm³/mol. The number of tetrazole rings is 1. The fourth-order valence-electron chi connectivity index (χ4n) is 3.46. The van der Waals surface area contributed by atoms with Gasteiger partial charge in [-0.1, -0.05) is 0 Å². The van der Waals surface area contributed by atoms with E-state index in [2.05, 4.69) is 39.6 Å². The highest BCUT2D eigenvalue weighted by atomic mass is 16.5. The topological polar surface area (TPSA) is 94.4 Å². The third-order valence-electron chi connectivity index (χ3n) is 4.76. The number of aromatic nitrogens is 4. The Labute approximate surface area is 174 Å². The predicted octanol–water partition coefficient (Wildman–Crippen LogP) is 2.29. The summed E-state index contributed by atoms with van der Waals surface area (Å²) in [6, 6.07) is 15.0. The Morgan fingerprint density at radius 3 is 2.37 bits per heavy atom. The molecule has 1 saturated heterocycles. The van der Waals surface area contributed by atoms with Crippen molar-refractivity contribution in [1.29, 1.82) is 0 Å². The third kappa shape index (κ3) is 4.93. The molecule has 3 aromatic rings. The van der Waals surface area contributed by atoms with Crippen LogP contribution in [0.1, 0.15) is 13.8 Å². The lowest BCUT2D eigenvalue weighted by Gasteiger charge is -2.36. The number of hydrogen-bond donors (Lipinski definition) is 1. The molecule has 0 bridgehead atoms. The zero-order valence-corrected chi connectivity index (χ0v) is 16.9. The lowest BCUT2D eigenvalue weighted by molar-refractivity contribution is -0.118. The van der Waals surface area contributed by atoms with E-state index in [1.54, 1.807) is 16.8 Å². The maximum Gasteiger partial charge on any atom is 0.262 e. The zero-order valence-electron chi connectivity index (χ0n) is 16.9. The summed E-state index contributed by atoms with van der Waals surface area (Å²) in [5.41, 5.74) is 2.66. The number of carbonyl (C=O) groups excluding carboxylic acids is 1. The maximum absolute atomic E-state index is 12.2. The third-order valence-corrected chi connectivity index (χ3v) is 4.76. The molecule has 4 rings (SSSR count). The number of benzene rings is 2. The fourth-order valence-corrected chi connectivity index (χ4v) is 3.46. The summed E-state index contributed by atoms with van der Waals surface area (Å²) in [4.78, 5) is 14.5. The summed E-state index contributed by atoms with van der Waals surface area (Å²) in [6.45, 7) is 5.80. The van der Waals surface area contributed by atoms with Gasteiger partial charge in [0.15, 0.2) is 6.61 Å². The van der Waals surface area contributed by atoms with Crippen LogP contribution in [0, 0.1) is 0 Å². The minimum atomic E-state index is -0.221. The Morgan fingerprint density at radius 1 is 1.07 bits per heavy atom. The molecule has 2 atom stereocenters. The molecule has 2 unspecified atom stereocenters. The van der Waals surface area contributed by atoms with E-state index in [9.17, 15) is 4.79 Å². The first-order chi connectivity index (χ1) is 14.6. The summed E-state index contributed by atoms with van der Waals surface area (Å²) < 4.78 is 12.9. The summed E-state index contributed by atoms with van der Waals surface area (Å²) in [5, 5.41) is 13.9. The molecule has 2 heterocycles. The molecule has 1 amide bonds. The van der Waals surface area contributed by atoms with Crippen molar-refractivity contribution >= 4 is 17.3 Å². The molecular weight excluding hydrogens is 384 g/mol. The Balaban J connectivity index is 1.28. The molecule has 2 aromatic carbocycles. The minimum Gasteiger partial charge on any atom is -0.484 e. The van der Waals surface area contributed by atoms with Gasteiger partial charge in [-0.3, -0.25) is 4.79 Å². The summed E-state index contributed by atoms with van der Waals surface area (Å²) in [7, 11) is 0. The van der Waals surface area contributed by atoms with Crippen molar-refractivity contribution < 1.29 is 14.3 Å². The van der Waals surface area contributed by atoms with Gasteiger partial charge in [0.1, 0.15) is 12.1 Å². The van der Waals surface area contributed by atoms with Crippen LogP contribution in [0.3, 0.4) is 0 Å². The van der Waals surface area contributed by atoms with E-state index in [1.165, 1.54) is 6.33 Å². The minimum absolute atomic E-state index is 0.0789. The number of anilines is 2. The van der Waals surface area contributed by atoms with Crippen LogP contribution in [0.5, 0.6) is 5.75 Å². The second-order valence-corrected chi connectivity index (χ2v) is 7.29. The van der Waals surface area contributed by atoms with Crippen LogP contribution in [0.15, 0.2) is 54.9 Å². The smallest absolute Gasteiger partial charge is 0.262 e. The van der Waals surface area contributed by atoms with Crippen molar-refractivity contribution in [3.63, 3.8) is 0 Å². The van der Waals surface area contributed by atoms with Gasteiger partial charge in [0, 0.05) is 24.5 Å². The molecule has 0 radical (unpaired) electrons. The van der Waals surface area contributed by atoms with Crippen LogP contribution >= 0.6 is 0 Å². The number of hydrogen-bond acceptors (Lipinski definition) is 7. The van der Waals surface area contributed by atoms with E-state index in [4.69, 9.17) is 9.47 Å². The Morgan fingerprint density at radius 2 is 1.73 bits per heavy atom. The second kappa shape index (κ2) is 8.91. The summed E-state index contributed by atoms with van der Waals surface area (Å²) in [5.74, 6) is 0.369. The number of amides is 1. The molecule has 1 aliphatic rings. The van der Waals surface area contributed by atoms with Gasteiger partial charge in [0.05, 0.1) is 17.9 Å². The van der Waals surface area contributed by atoms with Crippen LogP contribution in [-0.2, 0) is 9.53 Å². The van der Waals surface area contributed by atoms with E-state index < -0.39 is 0 Å². The van der Waals surface area contributed by atoms with Crippen molar-refractivity contribution in [2.45, 2.75) is 26.1 Å². The van der Waals surface area contributed by atoms with Gasteiger partial charge in [0.2, 0.25) is 0 Å². The first-order valence-corrected chi connectivity index (χ1v) is 9.83. The molecule has 1 aromatic heterocycles. The number of nitrogens with one attached hydrogen (secondary N) is 1. The molecule has 0 aliphatic carbocycles. The van der Waals surface area contributed by atoms with Crippen LogP contribution in [0.4, 0.5) is 11.4 Å². The molecule has 9 heteroatoms. The van der Waals surface area contributed by atoms with Crippen molar-refractivity contribution in [3.8, 4) is 11.4 Å². The van der Waals surface area contributed by atoms with Crippen molar-refractivity contribution in [2.75, 3.05) is 29.9 Å². The van der Waals surface area contributed by atoms with E-state index in [-0.39, 0.29) is 24.7 Å². The first-order valence-electron chi connectivity index (χ1n) is 9.83. The highest BCUT2D eigenvalue weighted by Gasteiger charge is 2.22. The molecule has 30 heavy (non-hydrogen) atoms. The first kappa shape index (κ1) is 19.8. The largest absolute Gasteiger partial charge is 0.484 e.